The average molecular weight is 491 g/mol. The molecule has 4 rings (SSSR count). The predicted octanol–water partition coefficient (Wildman–Crippen LogP) is 5.50. The molecule has 3 aromatic carbocycles. The second-order valence-electron chi connectivity index (χ2n) is 8.23. The minimum Gasteiger partial charge on any atom is -0.462 e. The quantitative estimate of drug-likeness (QED) is 0.380. The van der Waals surface area contributed by atoms with Gasteiger partial charge in [-0.05, 0) is 74.4 Å². The van der Waals surface area contributed by atoms with E-state index in [1.54, 1.807) is 43.3 Å². The number of esters is 1. The highest BCUT2D eigenvalue weighted by Gasteiger charge is 2.19. The van der Waals surface area contributed by atoms with Crippen LogP contribution in [0.25, 0.3) is 0 Å². The fraction of sp³-hybridized carbons (Fsp3) is 0.222. The monoisotopic (exact) mass is 490 g/mol. The third-order valence-electron chi connectivity index (χ3n) is 5.73. The number of hydrogen-bond donors (Lipinski definition) is 3. The topological polar surface area (TPSA) is 99.8 Å². The Kier molecular flexibility index (Phi) is 7.79. The third-order valence-corrected chi connectivity index (χ3v) is 5.73. The summed E-state index contributed by atoms with van der Waals surface area (Å²) in [7, 11) is 0. The van der Waals surface area contributed by atoms with Crippen molar-refractivity contribution in [2.24, 2.45) is 0 Å². The molecule has 0 spiro atoms. The van der Waals surface area contributed by atoms with Crippen molar-refractivity contribution in [3.05, 3.63) is 83.7 Å². The van der Waals surface area contributed by atoms with E-state index < -0.39 is 23.7 Å². The first kappa shape index (κ1) is 24.7. The van der Waals surface area contributed by atoms with Crippen LogP contribution in [0.5, 0.6) is 0 Å². The zero-order valence-electron chi connectivity index (χ0n) is 19.8. The van der Waals surface area contributed by atoms with Gasteiger partial charge in [0, 0.05) is 24.3 Å². The molecular formula is C27H27FN4O4. The summed E-state index contributed by atoms with van der Waals surface area (Å²) in [5.41, 5.74) is 2.66. The molecule has 0 radical (unpaired) electrons. The summed E-state index contributed by atoms with van der Waals surface area (Å²) >= 11 is 0. The van der Waals surface area contributed by atoms with Crippen molar-refractivity contribution in [3.63, 3.8) is 0 Å². The Morgan fingerprint density at radius 1 is 0.889 bits per heavy atom. The van der Waals surface area contributed by atoms with Crippen LogP contribution in [0.4, 0.5) is 31.9 Å². The summed E-state index contributed by atoms with van der Waals surface area (Å²) < 4.78 is 18.3. The van der Waals surface area contributed by atoms with Gasteiger partial charge in [0.05, 0.1) is 29.2 Å². The Labute approximate surface area is 208 Å². The number of benzene rings is 3. The molecule has 36 heavy (non-hydrogen) atoms. The van der Waals surface area contributed by atoms with E-state index in [4.69, 9.17) is 4.74 Å². The second-order valence-corrected chi connectivity index (χ2v) is 8.23. The van der Waals surface area contributed by atoms with Gasteiger partial charge in [0.25, 0.3) is 5.91 Å². The van der Waals surface area contributed by atoms with Gasteiger partial charge in [0.1, 0.15) is 5.82 Å². The SMILES string of the molecule is CCOC(=O)c1ccccc1NC(=O)Nc1cc(NC(=O)c2ccc(F)cc2)ccc1N1CCCC1. The van der Waals surface area contributed by atoms with Gasteiger partial charge < -0.3 is 25.6 Å². The van der Waals surface area contributed by atoms with Crippen LogP contribution < -0.4 is 20.9 Å². The van der Waals surface area contributed by atoms with Gasteiger partial charge in [0.15, 0.2) is 0 Å². The maximum atomic E-state index is 13.2. The fourth-order valence-corrected chi connectivity index (χ4v) is 4.01. The van der Waals surface area contributed by atoms with Crippen LogP contribution in [-0.2, 0) is 4.74 Å². The third kappa shape index (κ3) is 5.99. The van der Waals surface area contributed by atoms with Crippen molar-refractivity contribution in [3.8, 4) is 0 Å². The largest absolute Gasteiger partial charge is 0.462 e. The summed E-state index contributed by atoms with van der Waals surface area (Å²) in [6.07, 6.45) is 2.09. The molecule has 0 aliphatic carbocycles. The van der Waals surface area contributed by atoms with E-state index in [9.17, 15) is 18.8 Å². The first-order valence-electron chi connectivity index (χ1n) is 11.7. The van der Waals surface area contributed by atoms with Gasteiger partial charge in [0.2, 0.25) is 0 Å². The summed E-state index contributed by atoms with van der Waals surface area (Å²) in [5, 5.41) is 8.35. The summed E-state index contributed by atoms with van der Waals surface area (Å²) in [6, 6.07) is 16.6. The molecule has 1 saturated heterocycles. The molecule has 0 aromatic heterocycles. The summed E-state index contributed by atoms with van der Waals surface area (Å²) in [4.78, 5) is 40.0. The van der Waals surface area contributed by atoms with Gasteiger partial charge in [-0.15, -0.1) is 0 Å². The molecule has 1 heterocycles. The lowest BCUT2D eigenvalue weighted by molar-refractivity contribution is 0.0527. The molecule has 0 atom stereocenters. The van der Waals surface area contributed by atoms with Crippen LogP contribution >= 0.6 is 0 Å². The molecule has 0 saturated carbocycles. The molecule has 1 aliphatic rings. The van der Waals surface area contributed by atoms with Crippen molar-refractivity contribution in [2.45, 2.75) is 19.8 Å². The van der Waals surface area contributed by atoms with Crippen molar-refractivity contribution < 1.29 is 23.5 Å². The second kappa shape index (κ2) is 11.4. The molecule has 1 fully saturated rings. The first-order chi connectivity index (χ1) is 17.4. The normalized spacial score (nSPS) is 12.7. The van der Waals surface area contributed by atoms with Crippen LogP contribution in [0.1, 0.15) is 40.5 Å². The standard InChI is InChI=1S/C27H27FN4O4/c1-2-36-26(34)21-7-3-4-8-22(21)30-27(35)31-23-17-20(13-14-24(23)32-15-5-6-16-32)29-25(33)18-9-11-19(28)12-10-18/h3-4,7-14,17H,2,5-6,15-16H2,1H3,(H,29,33)(H2,30,31,35). The van der Waals surface area contributed by atoms with Crippen molar-refractivity contribution in [1.82, 2.24) is 0 Å². The average Bonchev–Trinajstić information content (AvgIpc) is 3.40. The lowest BCUT2D eigenvalue weighted by Crippen LogP contribution is -2.25. The fourth-order valence-electron chi connectivity index (χ4n) is 4.01. The van der Waals surface area contributed by atoms with E-state index in [-0.39, 0.29) is 12.2 Å². The number of nitrogens with one attached hydrogen (secondary N) is 3. The number of carbonyl (C=O) groups excluding carboxylic acids is 3. The van der Waals surface area contributed by atoms with Crippen LogP contribution in [0.15, 0.2) is 66.7 Å². The van der Waals surface area contributed by atoms with E-state index in [1.807, 2.05) is 6.07 Å². The molecule has 3 amide bonds. The Balaban J connectivity index is 1.55. The zero-order chi connectivity index (χ0) is 25.5. The molecule has 3 N–H and O–H groups in total. The molecular weight excluding hydrogens is 463 g/mol. The van der Waals surface area contributed by atoms with Crippen LogP contribution in [-0.4, -0.2) is 37.6 Å². The number of urea groups is 1. The predicted molar refractivity (Wildman–Crippen MR) is 137 cm³/mol. The van der Waals surface area contributed by atoms with E-state index in [0.717, 1.165) is 31.6 Å². The Bertz CT molecular complexity index is 1260. The van der Waals surface area contributed by atoms with Gasteiger partial charge in [-0.2, -0.15) is 0 Å². The maximum absolute atomic E-state index is 13.2. The molecule has 186 valence electrons. The van der Waals surface area contributed by atoms with Crippen LogP contribution in [0.2, 0.25) is 0 Å². The molecule has 3 aromatic rings. The minimum atomic E-state index is -0.547. The van der Waals surface area contributed by atoms with Crippen molar-refractivity contribution >= 4 is 40.7 Å². The highest BCUT2D eigenvalue weighted by molar-refractivity contribution is 6.08. The lowest BCUT2D eigenvalue weighted by Gasteiger charge is -2.23. The number of carbonyl (C=O) groups is 3. The Hall–Kier alpha value is -4.40. The van der Waals surface area contributed by atoms with Crippen LogP contribution in [0, 0.1) is 5.82 Å². The number of hydrogen-bond acceptors (Lipinski definition) is 5. The van der Waals surface area contributed by atoms with E-state index in [0.29, 0.717) is 22.6 Å². The molecule has 0 bridgehead atoms. The van der Waals surface area contributed by atoms with Gasteiger partial charge in [-0.1, -0.05) is 12.1 Å². The van der Waals surface area contributed by atoms with E-state index in [2.05, 4.69) is 20.9 Å². The number of ether oxygens (including phenoxy) is 1. The van der Waals surface area contributed by atoms with Gasteiger partial charge >= 0.3 is 12.0 Å². The zero-order valence-corrected chi connectivity index (χ0v) is 19.8. The lowest BCUT2D eigenvalue weighted by atomic mass is 10.1. The first-order valence-corrected chi connectivity index (χ1v) is 11.7. The van der Waals surface area contributed by atoms with Crippen LogP contribution in [0.3, 0.4) is 0 Å². The highest BCUT2D eigenvalue weighted by Crippen LogP contribution is 2.32. The van der Waals surface area contributed by atoms with E-state index >= 15 is 0 Å². The number of rotatable bonds is 7. The van der Waals surface area contributed by atoms with E-state index in [1.165, 1.54) is 24.3 Å². The van der Waals surface area contributed by atoms with Crippen molar-refractivity contribution in [1.29, 1.82) is 0 Å². The number of halogens is 1. The maximum Gasteiger partial charge on any atom is 0.340 e. The summed E-state index contributed by atoms with van der Waals surface area (Å²) in [6.45, 7) is 3.63. The van der Waals surface area contributed by atoms with Crippen molar-refractivity contribution in [2.75, 3.05) is 40.5 Å². The Morgan fingerprint density at radius 3 is 2.31 bits per heavy atom. The molecule has 1 aliphatic heterocycles. The summed E-state index contributed by atoms with van der Waals surface area (Å²) in [5.74, 6) is -1.36. The molecule has 8 nitrogen and oxygen atoms in total. The number of nitrogens with zero attached hydrogens (tertiary/aromatic N) is 1. The minimum absolute atomic E-state index is 0.217. The number of amides is 3. The van der Waals surface area contributed by atoms with Gasteiger partial charge in [-0.25, -0.2) is 14.0 Å². The van der Waals surface area contributed by atoms with Gasteiger partial charge in [-0.3, -0.25) is 4.79 Å². The number of anilines is 4. The molecule has 0 unspecified atom stereocenters. The molecule has 9 heteroatoms. The Morgan fingerprint density at radius 2 is 1.58 bits per heavy atom. The number of para-hydroxylation sites is 1. The highest BCUT2D eigenvalue weighted by atomic mass is 19.1. The smallest absolute Gasteiger partial charge is 0.340 e.